The quantitative estimate of drug-likeness (QED) is 0.106. The maximum absolute atomic E-state index is 4.22. The lowest BCUT2D eigenvalue weighted by atomic mass is 9.78. The smallest absolute Gasteiger partial charge is 0.0518 e. The Hall–Kier alpha value is -4.96. The second-order valence-corrected chi connectivity index (χ2v) is 24.7. The van der Waals surface area contributed by atoms with E-state index in [1.165, 1.54) is 133 Å². The zero-order valence-corrected chi connectivity index (χ0v) is 46.3. The fraction of sp³-hybridized carbons (Fsp3) is 0.500. The largest absolute Gasteiger partial charge is 0.354 e. The standard InChI is InChI=1S/C64H88N4/c1-21-25-47-37(5)57-55(41-29-43(61(9,10)11)33-44(30-41)62(12,13)14)58-39(7)49(27-23-3)53(67-58)36-54-50(28-24-4)40(8)60(68-54)56(42-31-45(63(15,16)17)34-46(32-42)64(18,19)20)59-38(6)48(26-22-2)52(66-59)35-51(47)65-57/h29-36,65-68H,21-28H2,1-20H3/b51-35-,52-35?,53-36?,54-36-,57-55-,58-55?,59-56?,60-56-. The number of nitrogens with one attached hydrogen (secondary N) is 4. The zero-order chi connectivity index (χ0) is 50.0. The van der Waals surface area contributed by atoms with Crippen LogP contribution in [0.2, 0.25) is 0 Å². The fourth-order valence-electron chi connectivity index (χ4n) is 10.8. The van der Waals surface area contributed by atoms with Crippen LogP contribution in [0.1, 0.15) is 237 Å². The summed E-state index contributed by atoms with van der Waals surface area (Å²) in [6, 6.07) is 14.9. The molecule has 4 nitrogen and oxygen atoms in total. The van der Waals surface area contributed by atoms with Gasteiger partial charge in [0.25, 0.3) is 0 Å². The number of rotatable bonds is 10. The molecule has 2 aromatic carbocycles. The van der Waals surface area contributed by atoms with Crippen LogP contribution in [0.3, 0.4) is 0 Å². The van der Waals surface area contributed by atoms with Crippen LogP contribution in [0.25, 0.3) is 23.3 Å². The van der Waals surface area contributed by atoms with Gasteiger partial charge in [-0.2, -0.15) is 0 Å². The molecular weight excluding hydrogens is 825 g/mol. The highest BCUT2D eigenvalue weighted by molar-refractivity contribution is 5.84. The van der Waals surface area contributed by atoms with Gasteiger partial charge in [0.15, 0.2) is 0 Å². The molecule has 6 aromatic rings. The van der Waals surface area contributed by atoms with Crippen LogP contribution in [-0.4, -0.2) is 19.9 Å². The summed E-state index contributed by atoms with van der Waals surface area (Å²) in [5.41, 5.74) is 26.2. The lowest BCUT2D eigenvalue weighted by Gasteiger charge is -2.27. The predicted octanol–water partition coefficient (Wildman–Crippen LogP) is 13.7. The minimum Gasteiger partial charge on any atom is -0.354 e. The first-order valence-corrected chi connectivity index (χ1v) is 26.4. The van der Waals surface area contributed by atoms with E-state index in [4.69, 9.17) is 0 Å². The number of hydrogen-bond donors (Lipinski definition) is 4. The van der Waals surface area contributed by atoms with Gasteiger partial charge in [-0.1, -0.05) is 173 Å². The van der Waals surface area contributed by atoms with Crippen molar-refractivity contribution in [1.82, 2.24) is 19.9 Å². The molecule has 1 aliphatic heterocycles. The SMILES string of the molecule is CCCc1c2[nH]c(c1C)/C(c1cc(C(C)(C)C)cc(C(C)(C)C)c1)=c1\[nH]/c(c(CCC)c1C)=C\c1[nH]c(c(C)c1CCC)/C(c1cc(C(C)(C)C)cc(C(C)(C)C)c1)=c1\[nH]/c(c(CCC)c1C)=C\2. The van der Waals surface area contributed by atoms with E-state index in [9.17, 15) is 0 Å². The second-order valence-electron chi connectivity index (χ2n) is 24.7. The Morgan fingerprint density at radius 3 is 0.897 bits per heavy atom. The first kappa shape index (κ1) is 50.9. The molecule has 8 bridgehead atoms. The Balaban J connectivity index is 1.79. The van der Waals surface area contributed by atoms with Crippen molar-refractivity contribution in [2.75, 3.05) is 0 Å². The van der Waals surface area contributed by atoms with Gasteiger partial charge in [0.05, 0.1) is 22.1 Å². The van der Waals surface area contributed by atoms with Crippen LogP contribution >= 0.6 is 0 Å². The Kier molecular flexibility index (Phi) is 14.0. The fourth-order valence-corrected chi connectivity index (χ4v) is 10.8. The zero-order valence-electron chi connectivity index (χ0n) is 46.3. The van der Waals surface area contributed by atoms with Crippen molar-refractivity contribution in [2.45, 2.75) is 212 Å². The molecule has 4 N–H and O–H groups in total. The highest BCUT2D eigenvalue weighted by Crippen LogP contribution is 2.38. The lowest BCUT2D eigenvalue weighted by molar-refractivity contribution is 0.567. The molecule has 5 heterocycles. The molecule has 7 rings (SSSR count). The lowest BCUT2D eigenvalue weighted by Crippen LogP contribution is -2.20. The molecule has 0 radical (unpaired) electrons. The molecule has 4 heteroatoms. The first-order valence-electron chi connectivity index (χ1n) is 26.4. The van der Waals surface area contributed by atoms with Crippen LogP contribution in [0.15, 0.2) is 36.4 Å². The third kappa shape index (κ3) is 9.65. The average Bonchev–Trinajstić information content (AvgIpc) is 3.92. The molecule has 0 saturated carbocycles. The van der Waals surface area contributed by atoms with E-state index in [2.05, 4.69) is 207 Å². The van der Waals surface area contributed by atoms with Crippen LogP contribution < -0.4 is 21.4 Å². The van der Waals surface area contributed by atoms with Crippen LogP contribution in [-0.2, 0) is 47.3 Å². The molecular formula is C64H88N4. The second kappa shape index (κ2) is 18.7. The number of benzene rings is 2. The van der Waals surface area contributed by atoms with Gasteiger partial charge in [0.2, 0.25) is 0 Å². The molecule has 0 spiro atoms. The van der Waals surface area contributed by atoms with E-state index in [0.717, 1.165) is 51.4 Å². The van der Waals surface area contributed by atoms with Crippen molar-refractivity contribution in [2.24, 2.45) is 0 Å². The summed E-state index contributed by atoms with van der Waals surface area (Å²) in [5, 5.41) is 4.83. The number of aromatic nitrogens is 4. The summed E-state index contributed by atoms with van der Waals surface area (Å²) in [5.74, 6) is 0. The van der Waals surface area contributed by atoms with Crippen molar-refractivity contribution in [3.05, 3.63) is 158 Å². The van der Waals surface area contributed by atoms with Gasteiger partial charge in [-0.25, -0.2) is 0 Å². The molecule has 364 valence electrons. The summed E-state index contributed by atoms with van der Waals surface area (Å²) in [4.78, 5) is 16.9. The van der Waals surface area contributed by atoms with E-state index in [-0.39, 0.29) is 21.7 Å². The van der Waals surface area contributed by atoms with E-state index < -0.39 is 0 Å². The Labute approximate surface area is 411 Å². The molecule has 0 atom stereocenters. The van der Waals surface area contributed by atoms with Crippen molar-refractivity contribution in [3.63, 3.8) is 0 Å². The van der Waals surface area contributed by atoms with Gasteiger partial charge >= 0.3 is 0 Å². The van der Waals surface area contributed by atoms with Crippen molar-refractivity contribution < 1.29 is 0 Å². The first-order chi connectivity index (χ1) is 31.7. The van der Waals surface area contributed by atoms with Gasteiger partial charge in [0, 0.05) is 33.2 Å². The highest BCUT2D eigenvalue weighted by atomic mass is 14.8. The van der Waals surface area contributed by atoms with Gasteiger partial charge in [-0.05, 0) is 165 Å². The van der Waals surface area contributed by atoms with Crippen molar-refractivity contribution in [1.29, 1.82) is 0 Å². The van der Waals surface area contributed by atoms with Gasteiger partial charge in [0.1, 0.15) is 0 Å². The normalized spacial score (nSPS) is 16.2. The molecule has 0 aliphatic carbocycles. The van der Waals surface area contributed by atoms with E-state index in [0.29, 0.717) is 0 Å². The third-order valence-corrected chi connectivity index (χ3v) is 15.1. The Morgan fingerprint density at radius 2 is 0.632 bits per heavy atom. The molecule has 4 aromatic heterocycles. The molecule has 1 aliphatic rings. The Bertz CT molecular complexity index is 2840. The minimum atomic E-state index is -0.0287. The number of aromatic amines is 4. The summed E-state index contributed by atoms with van der Waals surface area (Å²) in [7, 11) is 0. The summed E-state index contributed by atoms with van der Waals surface area (Å²) < 4.78 is 0. The minimum absolute atomic E-state index is 0.0287. The number of fused-ring (bicyclic) bond motifs is 8. The van der Waals surface area contributed by atoms with Crippen LogP contribution in [0.4, 0.5) is 0 Å². The number of hydrogen-bond acceptors (Lipinski definition) is 0. The van der Waals surface area contributed by atoms with Gasteiger partial charge < -0.3 is 19.9 Å². The molecule has 0 fully saturated rings. The molecule has 0 unspecified atom stereocenters. The van der Waals surface area contributed by atoms with Crippen LogP contribution in [0, 0.1) is 27.7 Å². The van der Waals surface area contributed by atoms with Gasteiger partial charge in [-0.3, -0.25) is 0 Å². The maximum atomic E-state index is 4.22. The monoisotopic (exact) mass is 913 g/mol. The van der Waals surface area contributed by atoms with E-state index in [1.807, 2.05) is 0 Å². The summed E-state index contributed by atoms with van der Waals surface area (Å²) >= 11 is 0. The Morgan fingerprint density at radius 1 is 0.353 bits per heavy atom. The summed E-state index contributed by atoms with van der Waals surface area (Å²) in [6.07, 6.45) is 13.2. The third-order valence-electron chi connectivity index (χ3n) is 15.1. The van der Waals surface area contributed by atoms with E-state index in [1.54, 1.807) is 0 Å². The molecule has 0 amide bonds. The van der Waals surface area contributed by atoms with Crippen LogP contribution in [0.5, 0.6) is 0 Å². The van der Waals surface area contributed by atoms with Gasteiger partial charge in [-0.15, -0.1) is 0 Å². The number of H-pyrrole nitrogens is 4. The topological polar surface area (TPSA) is 63.2 Å². The maximum Gasteiger partial charge on any atom is 0.0518 e. The summed E-state index contributed by atoms with van der Waals surface area (Å²) in [6.45, 7) is 47.1. The molecule has 0 saturated heterocycles. The highest BCUT2D eigenvalue weighted by Gasteiger charge is 2.28. The van der Waals surface area contributed by atoms with Crippen molar-refractivity contribution in [3.8, 4) is 0 Å². The average molecular weight is 913 g/mol. The van der Waals surface area contributed by atoms with Crippen molar-refractivity contribution >= 4 is 23.3 Å². The predicted molar refractivity (Wildman–Crippen MR) is 295 cm³/mol. The van der Waals surface area contributed by atoms with E-state index >= 15 is 0 Å². The molecule has 68 heavy (non-hydrogen) atoms.